The third kappa shape index (κ3) is 2.54. The summed E-state index contributed by atoms with van der Waals surface area (Å²) in [6.45, 7) is 1.92. The number of ether oxygens (including phenoxy) is 1. The molecule has 1 heterocycles. The minimum atomic E-state index is -0.816. The Labute approximate surface area is 151 Å². The van der Waals surface area contributed by atoms with Gasteiger partial charge in [0.25, 0.3) is 0 Å². The molecule has 3 nitrogen and oxygen atoms in total. The van der Waals surface area contributed by atoms with Crippen molar-refractivity contribution in [2.24, 2.45) is 0 Å². The number of benzene rings is 2. The molecule has 0 unspecified atom stereocenters. The molecular weight excluding hydrogens is 336 g/mol. The second kappa shape index (κ2) is 5.92. The summed E-state index contributed by atoms with van der Waals surface area (Å²) in [7, 11) is 0. The van der Waals surface area contributed by atoms with Crippen LogP contribution in [-0.4, -0.2) is 16.7 Å². The molecule has 2 aromatic carbocycles. The highest BCUT2D eigenvalue weighted by molar-refractivity contribution is 6.34. The normalized spacial score (nSPS) is 18.9. The van der Waals surface area contributed by atoms with E-state index < -0.39 is 11.6 Å². The van der Waals surface area contributed by atoms with Crippen LogP contribution in [0.4, 0.5) is 0 Å². The monoisotopic (exact) mass is 354 g/mol. The predicted octanol–water partition coefficient (Wildman–Crippen LogP) is 5.45. The first-order valence-electron chi connectivity index (χ1n) is 8.55. The van der Waals surface area contributed by atoms with E-state index in [0.717, 1.165) is 29.5 Å². The fourth-order valence-electron chi connectivity index (χ4n) is 3.91. The first kappa shape index (κ1) is 16.2. The van der Waals surface area contributed by atoms with Gasteiger partial charge >= 0.3 is 5.97 Å². The first-order valence-corrected chi connectivity index (χ1v) is 8.93. The van der Waals surface area contributed by atoms with Crippen molar-refractivity contribution in [1.29, 1.82) is 0 Å². The van der Waals surface area contributed by atoms with E-state index in [1.807, 2.05) is 43.3 Å². The molecule has 1 aliphatic carbocycles. The Kier molecular flexibility index (Phi) is 3.84. The number of aliphatic hydroxyl groups is 1. The Bertz CT molecular complexity index is 878. The van der Waals surface area contributed by atoms with Gasteiger partial charge in [0.05, 0.1) is 0 Å². The van der Waals surface area contributed by atoms with Gasteiger partial charge in [-0.2, -0.15) is 0 Å². The molecule has 0 saturated heterocycles. The SMILES string of the molecule is Cc1cc(-c2ccccc2)c(Cl)cc1C1=C(O)C2(CCCC2)OC1=O. The third-order valence-corrected chi connectivity index (χ3v) is 5.55. The van der Waals surface area contributed by atoms with E-state index in [0.29, 0.717) is 23.4 Å². The molecule has 128 valence electrons. The average Bonchev–Trinajstić information content (AvgIpc) is 3.16. The lowest BCUT2D eigenvalue weighted by Gasteiger charge is -2.21. The second-order valence-corrected chi connectivity index (χ2v) is 7.23. The highest BCUT2D eigenvalue weighted by Gasteiger charge is 2.50. The maximum atomic E-state index is 12.5. The number of rotatable bonds is 2. The summed E-state index contributed by atoms with van der Waals surface area (Å²) < 4.78 is 5.59. The van der Waals surface area contributed by atoms with E-state index in [-0.39, 0.29) is 11.3 Å². The molecule has 2 aromatic rings. The van der Waals surface area contributed by atoms with Crippen molar-refractivity contribution in [2.45, 2.75) is 38.2 Å². The minimum Gasteiger partial charge on any atom is -0.507 e. The molecule has 1 spiro atoms. The van der Waals surface area contributed by atoms with Crippen LogP contribution in [0.25, 0.3) is 16.7 Å². The molecule has 2 aliphatic rings. The Morgan fingerprint density at radius 3 is 2.44 bits per heavy atom. The fourth-order valence-corrected chi connectivity index (χ4v) is 4.19. The lowest BCUT2D eigenvalue weighted by Crippen LogP contribution is -2.27. The van der Waals surface area contributed by atoms with Gasteiger partial charge in [0.2, 0.25) is 0 Å². The third-order valence-electron chi connectivity index (χ3n) is 5.24. The van der Waals surface area contributed by atoms with Crippen LogP contribution in [0.15, 0.2) is 48.2 Å². The summed E-state index contributed by atoms with van der Waals surface area (Å²) in [5.74, 6) is -0.382. The summed E-state index contributed by atoms with van der Waals surface area (Å²) in [6.07, 6.45) is 3.28. The highest BCUT2D eigenvalue weighted by Crippen LogP contribution is 2.47. The summed E-state index contributed by atoms with van der Waals surface area (Å²) in [6, 6.07) is 13.6. The van der Waals surface area contributed by atoms with Gasteiger partial charge in [0.1, 0.15) is 5.57 Å². The van der Waals surface area contributed by atoms with Gasteiger partial charge in [-0.25, -0.2) is 4.79 Å². The van der Waals surface area contributed by atoms with Crippen LogP contribution in [0, 0.1) is 6.92 Å². The van der Waals surface area contributed by atoms with Crippen molar-refractivity contribution in [3.05, 3.63) is 64.4 Å². The molecule has 0 aromatic heterocycles. The zero-order valence-corrected chi connectivity index (χ0v) is 14.8. The lowest BCUT2D eigenvalue weighted by atomic mass is 9.92. The molecule has 0 atom stereocenters. The molecule has 4 rings (SSSR count). The lowest BCUT2D eigenvalue weighted by molar-refractivity contribution is -0.146. The van der Waals surface area contributed by atoms with Crippen molar-refractivity contribution in [1.82, 2.24) is 0 Å². The molecule has 0 amide bonds. The van der Waals surface area contributed by atoms with Crippen LogP contribution in [0.2, 0.25) is 5.02 Å². The Balaban J connectivity index is 1.83. The predicted molar refractivity (Wildman–Crippen MR) is 98.5 cm³/mol. The van der Waals surface area contributed by atoms with E-state index in [4.69, 9.17) is 16.3 Å². The van der Waals surface area contributed by atoms with E-state index in [1.165, 1.54) is 0 Å². The van der Waals surface area contributed by atoms with Crippen LogP contribution in [0.1, 0.15) is 36.8 Å². The zero-order valence-electron chi connectivity index (χ0n) is 14.0. The van der Waals surface area contributed by atoms with Gasteiger partial charge in [-0.3, -0.25) is 0 Å². The van der Waals surface area contributed by atoms with Gasteiger partial charge < -0.3 is 9.84 Å². The van der Waals surface area contributed by atoms with Gasteiger partial charge in [0.15, 0.2) is 11.4 Å². The van der Waals surface area contributed by atoms with Crippen molar-refractivity contribution >= 4 is 23.1 Å². The number of aryl methyl sites for hydroxylation is 1. The molecule has 0 bridgehead atoms. The molecule has 1 fully saturated rings. The van der Waals surface area contributed by atoms with Crippen LogP contribution < -0.4 is 0 Å². The molecule has 1 N–H and O–H groups in total. The number of esters is 1. The number of hydrogen-bond acceptors (Lipinski definition) is 3. The van der Waals surface area contributed by atoms with Crippen molar-refractivity contribution in [3.63, 3.8) is 0 Å². The quantitative estimate of drug-likeness (QED) is 0.729. The number of aliphatic hydroxyl groups excluding tert-OH is 1. The first-order chi connectivity index (χ1) is 12.0. The van der Waals surface area contributed by atoms with E-state index in [1.54, 1.807) is 6.07 Å². The topological polar surface area (TPSA) is 46.5 Å². The molecule has 0 radical (unpaired) electrons. The number of hydrogen-bond donors (Lipinski definition) is 1. The van der Waals surface area contributed by atoms with E-state index in [2.05, 4.69) is 0 Å². The Morgan fingerprint density at radius 1 is 1.08 bits per heavy atom. The van der Waals surface area contributed by atoms with Crippen molar-refractivity contribution in [3.8, 4) is 11.1 Å². The van der Waals surface area contributed by atoms with Crippen molar-refractivity contribution < 1.29 is 14.6 Å². The Hall–Kier alpha value is -2.26. The summed E-state index contributed by atoms with van der Waals surface area (Å²) >= 11 is 6.50. The molecular formula is C21H19ClO3. The van der Waals surface area contributed by atoms with E-state index in [9.17, 15) is 9.90 Å². The Morgan fingerprint density at radius 2 is 1.76 bits per heavy atom. The van der Waals surface area contributed by atoms with Crippen molar-refractivity contribution in [2.75, 3.05) is 0 Å². The maximum absolute atomic E-state index is 12.5. The van der Waals surface area contributed by atoms with Gasteiger partial charge in [-0.1, -0.05) is 41.9 Å². The standard InChI is InChI=1S/C21H19ClO3/c1-13-11-16(14-7-3-2-4-8-14)17(22)12-15(13)18-19(23)21(25-20(18)24)9-5-6-10-21/h2-4,7-8,11-12,23H,5-6,9-10H2,1H3. The van der Waals surface area contributed by atoms with Crippen LogP contribution in [0.3, 0.4) is 0 Å². The van der Waals surface area contributed by atoms with E-state index >= 15 is 0 Å². The van der Waals surface area contributed by atoms with Gasteiger partial charge in [-0.15, -0.1) is 0 Å². The largest absolute Gasteiger partial charge is 0.507 e. The molecule has 25 heavy (non-hydrogen) atoms. The number of carbonyl (C=O) groups excluding carboxylic acids is 1. The summed E-state index contributed by atoms with van der Waals surface area (Å²) in [5.41, 5.74) is 2.91. The maximum Gasteiger partial charge on any atom is 0.343 e. The summed E-state index contributed by atoms with van der Waals surface area (Å²) in [4.78, 5) is 12.5. The van der Waals surface area contributed by atoms with Gasteiger partial charge in [0, 0.05) is 10.6 Å². The smallest absolute Gasteiger partial charge is 0.343 e. The second-order valence-electron chi connectivity index (χ2n) is 6.83. The van der Waals surface area contributed by atoms with Gasteiger partial charge in [-0.05, 0) is 61.4 Å². The molecule has 4 heteroatoms. The highest BCUT2D eigenvalue weighted by atomic mass is 35.5. The summed E-state index contributed by atoms with van der Waals surface area (Å²) in [5, 5.41) is 11.3. The fraction of sp³-hybridized carbons (Fsp3) is 0.286. The van der Waals surface area contributed by atoms with Crippen LogP contribution >= 0.6 is 11.6 Å². The number of halogens is 1. The van der Waals surface area contributed by atoms with Crippen LogP contribution in [0.5, 0.6) is 0 Å². The minimum absolute atomic E-state index is 0.0710. The molecule has 1 aliphatic heterocycles. The number of carbonyl (C=O) groups is 1. The molecule has 1 saturated carbocycles. The van der Waals surface area contributed by atoms with Crippen LogP contribution in [-0.2, 0) is 9.53 Å². The average molecular weight is 355 g/mol. The zero-order chi connectivity index (χ0) is 17.6.